The van der Waals surface area contributed by atoms with E-state index in [1.165, 1.54) is 0 Å². The van der Waals surface area contributed by atoms with Gasteiger partial charge in [0, 0.05) is 21.9 Å². The first kappa shape index (κ1) is 26.0. The smallest absolute Gasteiger partial charge is 0.231 e. The third kappa shape index (κ3) is 4.43. The fourth-order valence-electron chi connectivity index (χ4n) is 5.95. The van der Waals surface area contributed by atoms with Crippen LogP contribution in [0.25, 0.3) is 89.8 Å². The predicted molar refractivity (Wildman–Crippen MR) is 182 cm³/mol. The molecule has 0 bridgehead atoms. The highest BCUT2D eigenvalue weighted by Gasteiger charge is 2.21. The molecule has 6 aromatic carbocycles. The highest BCUT2D eigenvalue weighted by atomic mass is 16.4. The first-order chi connectivity index (χ1) is 22.8. The summed E-state index contributed by atoms with van der Waals surface area (Å²) in [6.45, 7) is 0. The molecule has 216 valence electrons. The Labute approximate surface area is 263 Å². The summed E-state index contributed by atoms with van der Waals surface area (Å²) in [5.41, 5.74) is 8.49. The van der Waals surface area contributed by atoms with E-state index in [0.717, 1.165) is 55.3 Å². The topological polar surface area (TPSA) is 77.8 Å². The zero-order valence-corrected chi connectivity index (χ0v) is 24.5. The predicted octanol–water partition coefficient (Wildman–Crippen LogP) is 10.2. The number of para-hydroxylation sites is 2. The van der Waals surface area contributed by atoms with E-state index in [0.29, 0.717) is 34.5 Å². The molecule has 0 fully saturated rings. The van der Waals surface area contributed by atoms with Crippen molar-refractivity contribution >= 4 is 33.0 Å². The SMILES string of the molecule is c1ccc(-c2ccc3oc(-c4cccc5c4oc4c(-c6nc(-c7ccccc7)nc(-c7ccccc7)n6)cccc45)nc3c2)cc1. The Bertz CT molecular complexity index is 2460. The molecular weight excluding hydrogens is 568 g/mol. The van der Waals surface area contributed by atoms with Crippen molar-refractivity contribution in [3.63, 3.8) is 0 Å². The molecule has 0 aliphatic rings. The van der Waals surface area contributed by atoms with Crippen LogP contribution in [0.3, 0.4) is 0 Å². The molecule has 6 nitrogen and oxygen atoms in total. The summed E-state index contributed by atoms with van der Waals surface area (Å²) < 4.78 is 13.0. The van der Waals surface area contributed by atoms with Crippen LogP contribution >= 0.6 is 0 Å². The average molecular weight is 593 g/mol. The summed E-state index contributed by atoms with van der Waals surface area (Å²) in [5, 5.41) is 1.92. The molecular formula is C40H24N4O2. The van der Waals surface area contributed by atoms with Gasteiger partial charge in [-0.15, -0.1) is 0 Å². The molecule has 0 N–H and O–H groups in total. The fraction of sp³-hybridized carbons (Fsp3) is 0. The van der Waals surface area contributed by atoms with Gasteiger partial charge in [-0.2, -0.15) is 0 Å². The van der Waals surface area contributed by atoms with Gasteiger partial charge in [-0.25, -0.2) is 19.9 Å². The summed E-state index contributed by atoms with van der Waals surface area (Å²) in [5.74, 6) is 2.23. The van der Waals surface area contributed by atoms with Gasteiger partial charge in [-0.3, -0.25) is 0 Å². The van der Waals surface area contributed by atoms with Crippen LogP contribution in [-0.2, 0) is 0 Å². The number of fused-ring (bicyclic) bond motifs is 4. The molecule has 9 rings (SSSR count). The van der Waals surface area contributed by atoms with Crippen molar-refractivity contribution in [2.75, 3.05) is 0 Å². The molecule has 0 aliphatic heterocycles. The van der Waals surface area contributed by atoms with E-state index in [1.54, 1.807) is 0 Å². The molecule has 0 radical (unpaired) electrons. The van der Waals surface area contributed by atoms with Crippen LogP contribution in [0, 0.1) is 0 Å². The van der Waals surface area contributed by atoms with Crippen molar-refractivity contribution in [2.24, 2.45) is 0 Å². The number of benzene rings is 6. The van der Waals surface area contributed by atoms with Gasteiger partial charge >= 0.3 is 0 Å². The summed E-state index contributed by atoms with van der Waals surface area (Å²) in [6.07, 6.45) is 0. The lowest BCUT2D eigenvalue weighted by Crippen LogP contribution is -2.00. The molecule has 0 unspecified atom stereocenters. The van der Waals surface area contributed by atoms with Crippen molar-refractivity contribution in [1.29, 1.82) is 0 Å². The molecule has 0 amide bonds. The van der Waals surface area contributed by atoms with Crippen LogP contribution in [0.5, 0.6) is 0 Å². The zero-order valence-electron chi connectivity index (χ0n) is 24.5. The van der Waals surface area contributed by atoms with Gasteiger partial charge in [0.1, 0.15) is 16.7 Å². The standard InChI is InChI=1S/C40H24N4O2/c1-4-12-25(13-5-1)28-22-23-34-33(24-28)41-40(45-34)32-21-11-19-30-29-18-10-20-31(35(29)46-36(30)32)39-43-37(26-14-6-2-7-15-26)42-38(44-39)27-16-8-3-9-17-27/h1-24H. The maximum Gasteiger partial charge on any atom is 0.231 e. The van der Waals surface area contributed by atoms with E-state index >= 15 is 0 Å². The van der Waals surface area contributed by atoms with E-state index < -0.39 is 0 Å². The molecule has 46 heavy (non-hydrogen) atoms. The highest BCUT2D eigenvalue weighted by Crippen LogP contribution is 2.40. The Balaban J connectivity index is 1.21. The summed E-state index contributed by atoms with van der Waals surface area (Å²) in [4.78, 5) is 19.6. The maximum absolute atomic E-state index is 6.70. The van der Waals surface area contributed by atoms with Gasteiger partial charge in [-0.1, -0.05) is 121 Å². The van der Waals surface area contributed by atoms with Gasteiger partial charge in [0.15, 0.2) is 23.1 Å². The van der Waals surface area contributed by atoms with Crippen molar-refractivity contribution in [3.05, 3.63) is 146 Å². The minimum Gasteiger partial charge on any atom is -0.454 e. The number of aromatic nitrogens is 4. The van der Waals surface area contributed by atoms with Crippen LogP contribution in [0.15, 0.2) is 154 Å². The lowest BCUT2D eigenvalue weighted by molar-refractivity contribution is 0.615. The maximum atomic E-state index is 6.70. The Morgan fingerprint density at radius 1 is 0.370 bits per heavy atom. The summed E-state index contributed by atoms with van der Waals surface area (Å²) in [6, 6.07) is 48.4. The Morgan fingerprint density at radius 2 is 0.913 bits per heavy atom. The highest BCUT2D eigenvalue weighted by molar-refractivity contribution is 6.12. The second-order valence-corrected chi connectivity index (χ2v) is 11.1. The Kier molecular flexibility index (Phi) is 6.03. The first-order valence-electron chi connectivity index (χ1n) is 15.1. The Hall–Kier alpha value is -6.40. The molecule has 6 heteroatoms. The molecule has 0 aliphatic carbocycles. The van der Waals surface area contributed by atoms with E-state index in [4.69, 9.17) is 28.8 Å². The minimum atomic E-state index is 0.504. The van der Waals surface area contributed by atoms with Crippen molar-refractivity contribution < 1.29 is 8.83 Å². The quantitative estimate of drug-likeness (QED) is 0.198. The third-order valence-corrected chi connectivity index (χ3v) is 8.19. The lowest BCUT2D eigenvalue weighted by atomic mass is 10.1. The largest absolute Gasteiger partial charge is 0.454 e. The van der Waals surface area contributed by atoms with E-state index in [-0.39, 0.29) is 0 Å². The number of nitrogens with zero attached hydrogens (tertiary/aromatic N) is 4. The molecule has 0 saturated heterocycles. The van der Waals surface area contributed by atoms with Crippen LogP contribution in [-0.4, -0.2) is 19.9 Å². The van der Waals surface area contributed by atoms with E-state index in [2.05, 4.69) is 36.4 Å². The number of furan rings is 1. The normalized spacial score (nSPS) is 11.5. The minimum absolute atomic E-state index is 0.504. The van der Waals surface area contributed by atoms with Gasteiger partial charge in [0.05, 0.1) is 11.1 Å². The monoisotopic (exact) mass is 592 g/mol. The molecule has 3 aromatic heterocycles. The Morgan fingerprint density at radius 3 is 1.54 bits per heavy atom. The van der Waals surface area contributed by atoms with Crippen molar-refractivity contribution in [1.82, 2.24) is 19.9 Å². The van der Waals surface area contributed by atoms with Crippen molar-refractivity contribution in [3.8, 4) is 56.7 Å². The van der Waals surface area contributed by atoms with Crippen LogP contribution in [0.1, 0.15) is 0 Å². The van der Waals surface area contributed by atoms with Gasteiger partial charge in [0.25, 0.3) is 0 Å². The van der Waals surface area contributed by atoms with E-state index in [1.807, 2.05) is 109 Å². The second kappa shape index (κ2) is 10.6. The van der Waals surface area contributed by atoms with Gasteiger partial charge < -0.3 is 8.83 Å². The fourth-order valence-corrected chi connectivity index (χ4v) is 5.95. The number of hydrogen-bond donors (Lipinski definition) is 0. The average Bonchev–Trinajstić information content (AvgIpc) is 3.74. The van der Waals surface area contributed by atoms with Crippen LogP contribution < -0.4 is 0 Å². The zero-order chi connectivity index (χ0) is 30.5. The van der Waals surface area contributed by atoms with E-state index in [9.17, 15) is 0 Å². The first-order valence-corrected chi connectivity index (χ1v) is 15.1. The number of hydrogen-bond acceptors (Lipinski definition) is 6. The summed E-state index contributed by atoms with van der Waals surface area (Å²) in [7, 11) is 0. The van der Waals surface area contributed by atoms with Gasteiger partial charge in [0.2, 0.25) is 5.89 Å². The third-order valence-electron chi connectivity index (χ3n) is 8.19. The van der Waals surface area contributed by atoms with Crippen LogP contribution in [0.2, 0.25) is 0 Å². The van der Waals surface area contributed by atoms with Crippen LogP contribution in [0.4, 0.5) is 0 Å². The molecule has 0 atom stereocenters. The van der Waals surface area contributed by atoms with Gasteiger partial charge in [-0.05, 0) is 35.4 Å². The molecule has 0 spiro atoms. The van der Waals surface area contributed by atoms with Crippen molar-refractivity contribution in [2.45, 2.75) is 0 Å². The second-order valence-electron chi connectivity index (χ2n) is 11.1. The number of oxazole rings is 1. The lowest BCUT2D eigenvalue weighted by Gasteiger charge is -2.08. The molecule has 9 aromatic rings. The number of rotatable bonds is 5. The molecule has 3 heterocycles. The molecule has 0 saturated carbocycles. The summed E-state index contributed by atoms with van der Waals surface area (Å²) >= 11 is 0.